The lowest BCUT2D eigenvalue weighted by Crippen LogP contribution is -2.33. The van der Waals surface area contributed by atoms with Gasteiger partial charge in [0.2, 0.25) is 0 Å². The van der Waals surface area contributed by atoms with Crippen LogP contribution in [0.5, 0.6) is 11.5 Å². The lowest BCUT2D eigenvalue weighted by molar-refractivity contribution is -0.148. The van der Waals surface area contributed by atoms with E-state index in [1.807, 2.05) is 60.7 Å². The Morgan fingerprint density at radius 2 is 1.39 bits per heavy atom. The molecule has 31 heavy (non-hydrogen) atoms. The maximum atomic E-state index is 12.5. The minimum atomic E-state index is -0.502. The number of hydrogen-bond donors (Lipinski definition) is 1. The number of ether oxygens (including phenoxy) is 3. The maximum Gasteiger partial charge on any atom is 0.310 e. The van der Waals surface area contributed by atoms with Gasteiger partial charge in [-0.25, -0.2) is 0 Å². The molecule has 0 spiro atoms. The Kier molecular flexibility index (Phi) is 7.65. The quantitative estimate of drug-likeness (QED) is 0.536. The predicted octanol–water partition coefficient (Wildman–Crippen LogP) is 3.70. The molecule has 0 atom stereocenters. The second-order valence-electron chi connectivity index (χ2n) is 6.85. The summed E-state index contributed by atoms with van der Waals surface area (Å²) in [6, 6.07) is 24.1. The number of methoxy groups -OCH3 is 2. The summed E-state index contributed by atoms with van der Waals surface area (Å²) < 4.78 is 15.6. The lowest BCUT2D eigenvalue weighted by atomic mass is 9.99. The third-order valence-corrected chi connectivity index (χ3v) is 4.73. The third kappa shape index (κ3) is 6.09. The monoisotopic (exact) mass is 419 g/mol. The molecule has 0 saturated carbocycles. The number of carbonyl (C=O) groups excluding carboxylic acids is 2. The molecule has 0 aliphatic heterocycles. The smallest absolute Gasteiger partial charge is 0.310 e. The van der Waals surface area contributed by atoms with E-state index < -0.39 is 5.97 Å². The number of carbonyl (C=O) groups is 2. The minimum Gasteiger partial charge on any atom is -0.493 e. The summed E-state index contributed by atoms with van der Waals surface area (Å²) in [6.45, 7) is -0.359. The van der Waals surface area contributed by atoms with Gasteiger partial charge >= 0.3 is 5.97 Å². The molecule has 3 aromatic rings. The van der Waals surface area contributed by atoms with E-state index in [2.05, 4.69) is 5.32 Å². The highest BCUT2D eigenvalue weighted by atomic mass is 16.5. The number of benzene rings is 3. The van der Waals surface area contributed by atoms with Crippen molar-refractivity contribution in [1.82, 2.24) is 5.32 Å². The van der Waals surface area contributed by atoms with Gasteiger partial charge in [0, 0.05) is 0 Å². The molecule has 1 amide bonds. The molecular weight excluding hydrogens is 394 g/mol. The highest BCUT2D eigenvalue weighted by molar-refractivity contribution is 5.82. The Morgan fingerprint density at radius 3 is 1.94 bits per heavy atom. The van der Waals surface area contributed by atoms with Crippen LogP contribution < -0.4 is 14.8 Å². The Bertz CT molecular complexity index is 965. The van der Waals surface area contributed by atoms with Gasteiger partial charge in [-0.05, 0) is 28.8 Å². The van der Waals surface area contributed by atoms with Gasteiger partial charge in [-0.3, -0.25) is 9.59 Å². The van der Waals surface area contributed by atoms with Crippen molar-refractivity contribution < 1.29 is 23.8 Å². The van der Waals surface area contributed by atoms with Crippen molar-refractivity contribution in [2.45, 2.75) is 12.5 Å². The SMILES string of the molecule is COc1ccc(CC(=O)OCC(=O)NC(c2ccccc2)c2ccccc2)cc1OC. The van der Waals surface area contributed by atoms with Crippen LogP contribution in [0.25, 0.3) is 0 Å². The molecule has 1 N–H and O–H groups in total. The van der Waals surface area contributed by atoms with Crippen LogP contribution in [0, 0.1) is 0 Å². The number of amides is 1. The molecule has 160 valence electrons. The first kappa shape index (κ1) is 21.9. The summed E-state index contributed by atoms with van der Waals surface area (Å²) in [7, 11) is 3.07. The fourth-order valence-corrected chi connectivity index (χ4v) is 3.21. The van der Waals surface area contributed by atoms with E-state index in [-0.39, 0.29) is 25.0 Å². The molecule has 0 radical (unpaired) electrons. The van der Waals surface area contributed by atoms with E-state index >= 15 is 0 Å². The predicted molar refractivity (Wildman–Crippen MR) is 117 cm³/mol. The van der Waals surface area contributed by atoms with Crippen LogP contribution in [0.15, 0.2) is 78.9 Å². The largest absolute Gasteiger partial charge is 0.493 e. The molecule has 6 nitrogen and oxygen atoms in total. The van der Waals surface area contributed by atoms with E-state index in [4.69, 9.17) is 14.2 Å². The number of rotatable bonds is 9. The second kappa shape index (κ2) is 10.8. The fraction of sp³-hybridized carbons (Fsp3) is 0.200. The van der Waals surface area contributed by atoms with E-state index in [0.717, 1.165) is 11.1 Å². The van der Waals surface area contributed by atoms with Crippen LogP contribution in [0.3, 0.4) is 0 Å². The first-order valence-corrected chi connectivity index (χ1v) is 9.86. The molecule has 0 heterocycles. The molecule has 0 bridgehead atoms. The maximum absolute atomic E-state index is 12.5. The van der Waals surface area contributed by atoms with Crippen LogP contribution in [-0.2, 0) is 20.7 Å². The summed E-state index contributed by atoms with van der Waals surface area (Å²) in [5, 5.41) is 2.95. The van der Waals surface area contributed by atoms with Crippen LogP contribution in [-0.4, -0.2) is 32.7 Å². The first-order valence-electron chi connectivity index (χ1n) is 9.86. The number of hydrogen-bond acceptors (Lipinski definition) is 5. The molecule has 0 fully saturated rings. The summed E-state index contributed by atoms with van der Waals surface area (Å²) in [6.07, 6.45) is 0.0223. The molecule has 6 heteroatoms. The highest BCUT2D eigenvalue weighted by Gasteiger charge is 2.18. The molecule has 0 aliphatic rings. The van der Waals surface area contributed by atoms with E-state index in [1.54, 1.807) is 25.3 Å². The first-order chi connectivity index (χ1) is 15.1. The van der Waals surface area contributed by atoms with Crippen LogP contribution in [0.2, 0.25) is 0 Å². The van der Waals surface area contributed by atoms with Crippen molar-refractivity contribution in [3.8, 4) is 11.5 Å². The molecule has 3 rings (SSSR count). The zero-order valence-electron chi connectivity index (χ0n) is 17.5. The van der Waals surface area contributed by atoms with Crippen molar-refractivity contribution in [3.63, 3.8) is 0 Å². The third-order valence-electron chi connectivity index (χ3n) is 4.73. The van der Waals surface area contributed by atoms with Crippen LogP contribution in [0.1, 0.15) is 22.7 Å². The molecule has 0 aliphatic carbocycles. The van der Waals surface area contributed by atoms with E-state index in [1.165, 1.54) is 7.11 Å². The average Bonchev–Trinajstić information content (AvgIpc) is 2.82. The number of esters is 1. The van der Waals surface area contributed by atoms with Crippen LogP contribution in [0.4, 0.5) is 0 Å². The van der Waals surface area contributed by atoms with Crippen LogP contribution >= 0.6 is 0 Å². The summed E-state index contributed by atoms with van der Waals surface area (Å²) >= 11 is 0. The zero-order chi connectivity index (χ0) is 22.1. The van der Waals surface area contributed by atoms with Gasteiger partial charge in [0.25, 0.3) is 5.91 Å². The Morgan fingerprint density at radius 1 is 0.806 bits per heavy atom. The van der Waals surface area contributed by atoms with Gasteiger partial charge in [0.05, 0.1) is 26.7 Å². The molecule has 3 aromatic carbocycles. The van der Waals surface area contributed by atoms with E-state index in [0.29, 0.717) is 17.1 Å². The topological polar surface area (TPSA) is 73.9 Å². The summed E-state index contributed by atoms with van der Waals surface area (Å²) in [4.78, 5) is 24.7. The Balaban J connectivity index is 1.60. The number of nitrogens with one attached hydrogen (secondary N) is 1. The van der Waals surface area contributed by atoms with Crippen molar-refractivity contribution in [2.24, 2.45) is 0 Å². The average molecular weight is 419 g/mol. The van der Waals surface area contributed by atoms with Gasteiger partial charge in [-0.2, -0.15) is 0 Å². The molecule has 0 unspecified atom stereocenters. The van der Waals surface area contributed by atoms with E-state index in [9.17, 15) is 9.59 Å². The van der Waals surface area contributed by atoms with Gasteiger partial charge in [-0.1, -0.05) is 66.7 Å². The standard InChI is InChI=1S/C25H25NO5/c1-29-21-14-13-18(15-22(21)30-2)16-24(28)31-17-23(27)26-25(19-9-5-3-6-10-19)20-11-7-4-8-12-20/h3-15,25H,16-17H2,1-2H3,(H,26,27). The van der Waals surface area contributed by atoms with Gasteiger partial charge in [0.1, 0.15) is 0 Å². The summed E-state index contributed by atoms with van der Waals surface area (Å²) in [5.41, 5.74) is 2.59. The van der Waals surface area contributed by atoms with Crippen molar-refractivity contribution in [3.05, 3.63) is 95.6 Å². The highest BCUT2D eigenvalue weighted by Crippen LogP contribution is 2.27. The van der Waals surface area contributed by atoms with Crippen molar-refractivity contribution in [2.75, 3.05) is 20.8 Å². The normalized spacial score (nSPS) is 10.4. The lowest BCUT2D eigenvalue weighted by Gasteiger charge is -2.20. The Labute approximate surface area is 181 Å². The van der Waals surface area contributed by atoms with Gasteiger partial charge in [0.15, 0.2) is 18.1 Å². The molecular formula is C25H25NO5. The fourth-order valence-electron chi connectivity index (χ4n) is 3.21. The second-order valence-corrected chi connectivity index (χ2v) is 6.85. The van der Waals surface area contributed by atoms with Gasteiger partial charge < -0.3 is 19.5 Å². The minimum absolute atomic E-state index is 0.0223. The summed E-state index contributed by atoms with van der Waals surface area (Å²) in [5.74, 6) is 0.225. The van der Waals surface area contributed by atoms with Crippen molar-refractivity contribution in [1.29, 1.82) is 0 Å². The van der Waals surface area contributed by atoms with Crippen molar-refractivity contribution >= 4 is 11.9 Å². The Hall–Kier alpha value is -3.80. The van der Waals surface area contributed by atoms with Gasteiger partial charge in [-0.15, -0.1) is 0 Å². The molecule has 0 saturated heterocycles. The molecule has 0 aromatic heterocycles. The zero-order valence-corrected chi connectivity index (χ0v) is 17.5.